The monoisotopic (exact) mass is 475 g/mol. The van der Waals surface area contributed by atoms with Crippen molar-refractivity contribution in [3.63, 3.8) is 0 Å². The van der Waals surface area contributed by atoms with E-state index >= 15 is 0 Å². The number of alkyl halides is 3. The van der Waals surface area contributed by atoms with E-state index < -0.39 is 6.36 Å². The average Bonchev–Trinajstić information content (AvgIpc) is 2.53. The van der Waals surface area contributed by atoms with Crippen molar-refractivity contribution < 1.29 is 22.6 Å². The highest BCUT2D eigenvalue weighted by Gasteiger charge is 2.30. The fraction of sp³-hybridized carbons (Fsp3) is 0.562. The Labute approximate surface area is 163 Å². The van der Waals surface area contributed by atoms with Crippen LogP contribution in [-0.4, -0.2) is 45.7 Å². The van der Waals surface area contributed by atoms with Crippen molar-refractivity contribution >= 4 is 29.9 Å². The summed E-state index contributed by atoms with van der Waals surface area (Å²) in [5.41, 5.74) is 0.906. The number of aliphatic imine (C=N–C) groups is 1. The Bertz CT molecular complexity index is 496. The number of nitrogens with zero attached hydrogens (tertiary/aromatic N) is 1. The molecule has 25 heavy (non-hydrogen) atoms. The van der Waals surface area contributed by atoms with Crippen molar-refractivity contribution in [3.05, 3.63) is 29.8 Å². The fourth-order valence-corrected chi connectivity index (χ4v) is 1.93. The molecule has 1 rings (SSSR count). The van der Waals surface area contributed by atoms with Crippen LogP contribution in [0.3, 0.4) is 0 Å². The van der Waals surface area contributed by atoms with Crippen molar-refractivity contribution in [1.29, 1.82) is 0 Å². The van der Waals surface area contributed by atoms with Gasteiger partial charge in [0, 0.05) is 33.4 Å². The Morgan fingerprint density at radius 1 is 1.12 bits per heavy atom. The van der Waals surface area contributed by atoms with Crippen molar-refractivity contribution in [2.24, 2.45) is 4.99 Å². The van der Waals surface area contributed by atoms with E-state index in [1.54, 1.807) is 19.2 Å². The normalized spacial score (nSPS) is 11.6. The first-order valence-corrected chi connectivity index (χ1v) is 7.81. The minimum atomic E-state index is -4.66. The van der Waals surface area contributed by atoms with E-state index in [-0.39, 0.29) is 29.7 Å². The fourth-order valence-electron chi connectivity index (χ4n) is 1.93. The zero-order valence-electron chi connectivity index (χ0n) is 14.4. The zero-order valence-corrected chi connectivity index (χ0v) is 16.7. The zero-order chi connectivity index (χ0) is 17.8. The lowest BCUT2D eigenvalue weighted by atomic mass is 10.1. The Hall–Kier alpha value is -1.23. The molecule has 0 unspecified atom stereocenters. The van der Waals surface area contributed by atoms with Gasteiger partial charge < -0.3 is 20.1 Å². The Morgan fingerprint density at radius 3 is 2.32 bits per heavy atom. The van der Waals surface area contributed by atoms with Gasteiger partial charge >= 0.3 is 6.36 Å². The summed E-state index contributed by atoms with van der Waals surface area (Å²) in [4.78, 5) is 4.10. The van der Waals surface area contributed by atoms with E-state index in [1.165, 1.54) is 12.1 Å². The first kappa shape index (κ1) is 23.8. The molecule has 1 aromatic carbocycles. The lowest BCUT2D eigenvalue weighted by Gasteiger charge is -2.12. The van der Waals surface area contributed by atoms with Crippen LogP contribution < -0.4 is 15.4 Å². The molecule has 0 spiro atoms. The van der Waals surface area contributed by atoms with Crippen molar-refractivity contribution in [2.45, 2.75) is 26.1 Å². The van der Waals surface area contributed by atoms with E-state index in [9.17, 15) is 13.2 Å². The van der Waals surface area contributed by atoms with Gasteiger partial charge in [-0.05, 0) is 37.5 Å². The summed E-state index contributed by atoms with van der Waals surface area (Å²) < 4.78 is 45.3. The smallest absolute Gasteiger partial charge is 0.406 e. The molecule has 0 radical (unpaired) electrons. The van der Waals surface area contributed by atoms with Crippen LogP contribution in [-0.2, 0) is 11.2 Å². The van der Waals surface area contributed by atoms with Crippen molar-refractivity contribution in [3.8, 4) is 5.75 Å². The maximum atomic E-state index is 12.1. The van der Waals surface area contributed by atoms with Crippen LogP contribution in [0.4, 0.5) is 13.2 Å². The Balaban J connectivity index is 0.00000576. The number of rotatable bonds is 9. The summed E-state index contributed by atoms with van der Waals surface area (Å²) in [5, 5.41) is 6.31. The average molecular weight is 475 g/mol. The highest BCUT2D eigenvalue weighted by atomic mass is 127. The molecule has 0 heterocycles. The Kier molecular flexibility index (Phi) is 12.4. The summed E-state index contributed by atoms with van der Waals surface area (Å²) in [6.07, 6.45) is -3.12. The number of ether oxygens (including phenoxy) is 2. The molecule has 0 amide bonds. The third-order valence-corrected chi connectivity index (χ3v) is 3.05. The number of benzene rings is 1. The maximum absolute atomic E-state index is 12.1. The molecular weight excluding hydrogens is 450 g/mol. The number of halogens is 4. The van der Waals surface area contributed by atoms with Crippen LogP contribution in [0.15, 0.2) is 29.3 Å². The van der Waals surface area contributed by atoms with Crippen LogP contribution in [0.1, 0.15) is 18.9 Å². The lowest BCUT2D eigenvalue weighted by molar-refractivity contribution is -0.274. The first-order valence-electron chi connectivity index (χ1n) is 7.81. The summed E-state index contributed by atoms with van der Waals surface area (Å²) in [6.45, 7) is 4.73. The van der Waals surface area contributed by atoms with Gasteiger partial charge in [-0.25, -0.2) is 0 Å². The highest BCUT2D eigenvalue weighted by molar-refractivity contribution is 14.0. The molecule has 0 bridgehead atoms. The number of nitrogens with one attached hydrogen (secondary N) is 2. The van der Waals surface area contributed by atoms with Gasteiger partial charge in [0.05, 0.1) is 0 Å². The third-order valence-electron chi connectivity index (χ3n) is 3.05. The van der Waals surface area contributed by atoms with Gasteiger partial charge in [-0.1, -0.05) is 12.1 Å². The standard InChI is InChI=1S/C16H24F3N3O2.HI/c1-3-23-12-4-10-21-15(20-2)22-11-9-13-5-7-14(8-6-13)24-16(17,18)19;/h5-8H,3-4,9-12H2,1-2H3,(H2,20,21,22);1H. The molecular formula is C16H25F3IN3O2. The second-order valence-corrected chi connectivity index (χ2v) is 4.92. The molecule has 0 atom stereocenters. The second kappa shape index (κ2) is 13.0. The maximum Gasteiger partial charge on any atom is 0.573 e. The van der Waals surface area contributed by atoms with Gasteiger partial charge in [0.1, 0.15) is 5.75 Å². The summed E-state index contributed by atoms with van der Waals surface area (Å²) in [6, 6.07) is 5.84. The van der Waals surface area contributed by atoms with Gasteiger partial charge in [0.25, 0.3) is 0 Å². The van der Waals surface area contributed by atoms with E-state index in [0.717, 1.165) is 18.5 Å². The van der Waals surface area contributed by atoms with E-state index in [4.69, 9.17) is 4.74 Å². The summed E-state index contributed by atoms with van der Waals surface area (Å²) in [7, 11) is 1.68. The number of guanidine groups is 1. The topological polar surface area (TPSA) is 54.9 Å². The predicted molar refractivity (Wildman–Crippen MR) is 103 cm³/mol. The molecule has 9 heteroatoms. The Morgan fingerprint density at radius 2 is 1.76 bits per heavy atom. The van der Waals surface area contributed by atoms with Crippen LogP contribution in [0, 0.1) is 0 Å². The van der Waals surface area contributed by atoms with Crippen LogP contribution in [0.25, 0.3) is 0 Å². The second-order valence-electron chi connectivity index (χ2n) is 4.92. The van der Waals surface area contributed by atoms with Crippen molar-refractivity contribution in [2.75, 3.05) is 33.4 Å². The molecule has 0 fully saturated rings. The molecule has 5 nitrogen and oxygen atoms in total. The highest BCUT2D eigenvalue weighted by Crippen LogP contribution is 2.22. The molecule has 0 aromatic heterocycles. The predicted octanol–water partition coefficient (Wildman–Crippen LogP) is 3.34. The van der Waals surface area contributed by atoms with Gasteiger partial charge in [0.15, 0.2) is 5.96 Å². The molecule has 0 aliphatic carbocycles. The molecule has 2 N–H and O–H groups in total. The first-order chi connectivity index (χ1) is 11.4. The lowest BCUT2D eigenvalue weighted by Crippen LogP contribution is -2.39. The van der Waals surface area contributed by atoms with Gasteiger partial charge in [-0.2, -0.15) is 0 Å². The minimum Gasteiger partial charge on any atom is -0.406 e. The van der Waals surface area contributed by atoms with Crippen LogP contribution in [0.2, 0.25) is 0 Å². The number of hydrogen-bond acceptors (Lipinski definition) is 3. The summed E-state index contributed by atoms with van der Waals surface area (Å²) in [5.74, 6) is 0.467. The third kappa shape index (κ3) is 11.9. The largest absolute Gasteiger partial charge is 0.573 e. The molecule has 0 saturated heterocycles. The van der Waals surface area contributed by atoms with Crippen LogP contribution in [0.5, 0.6) is 5.75 Å². The quantitative estimate of drug-likeness (QED) is 0.249. The molecule has 1 aromatic rings. The van der Waals surface area contributed by atoms with Gasteiger partial charge in [-0.15, -0.1) is 37.1 Å². The molecule has 0 aliphatic rings. The number of hydrogen-bond donors (Lipinski definition) is 2. The van der Waals surface area contributed by atoms with Crippen LogP contribution >= 0.6 is 24.0 Å². The minimum absolute atomic E-state index is 0. The molecule has 0 aliphatic heterocycles. The van der Waals surface area contributed by atoms with Gasteiger partial charge in [0.2, 0.25) is 0 Å². The van der Waals surface area contributed by atoms with E-state index in [2.05, 4.69) is 20.4 Å². The van der Waals surface area contributed by atoms with Crippen molar-refractivity contribution in [1.82, 2.24) is 10.6 Å². The SMILES string of the molecule is CCOCCCNC(=NC)NCCc1ccc(OC(F)(F)F)cc1.I. The van der Waals surface area contributed by atoms with E-state index in [0.29, 0.717) is 32.1 Å². The summed E-state index contributed by atoms with van der Waals surface area (Å²) >= 11 is 0. The van der Waals surface area contributed by atoms with E-state index in [1.807, 2.05) is 6.92 Å². The molecule has 144 valence electrons. The van der Waals surface area contributed by atoms with Gasteiger partial charge in [-0.3, -0.25) is 4.99 Å². The molecule has 0 saturated carbocycles.